The second-order valence-electron chi connectivity index (χ2n) is 6.49. The van der Waals surface area contributed by atoms with Crippen LogP contribution in [-0.4, -0.2) is 36.8 Å². The first kappa shape index (κ1) is 23.7. The van der Waals surface area contributed by atoms with Gasteiger partial charge in [-0.05, 0) is 36.8 Å². The molecule has 3 aromatic rings. The number of aromatic nitrogens is 2. The van der Waals surface area contributed by atoms with Crippen molar-refractivity contribution in [1.82, 2.24) is 10.2 Å². The molecule has 0 saturated carbocycles. The molecule has 7 nitrogen and oxygen atoms in total. The lowest BCUT2D eigenvalue weighted by atomic mass is 10.2. The van der Waals surface area contributed by atoms with Crippen LogP contribution in [0, 0.1) is 0 Å². The summed E-state index contributed by atoms with van der Waals surface area (Å²) in [5.74, 6) is -0.567. The first-order valence-electron chi connectivity index (χ1n) is 8.95. The van der Waals surface area contributed by atoms with Gasteiger partial charge in [-0.25, -0.2) is 8.42 Å². The average Bonchev–Trinajstić information content (AvgIpc) is 3.16. The zero-order valence-electron chi connectivity index (χ0n) is 16.3. The van der Waals surface area contributed by atoms with Crippen LogP contribution in [0.15, 0.2) is 42.5 Å². The lowest BCUT2D eigenvalue weighted by Crippen LogP contribution is -2.47. The first-order chi connectivity index (χ1) is 14.6. The third-order valence-electron chi connectivity index (χ3n) is 4.22. The van der Waals surface area contributed by atoms with Crippen molar-refractivity contribution >= 4 is 72.9 Å². The van der Waals surface area contributed by atoms with Gasteiger partial charge < -0.3 is 0 Å². The van der Waals surface area contributed by atoms with Crippen molar-refractivity contribution < 1.29 is 13.2 Å². The van der Waals surface area contributed by atoms with Crippen molar-refractivity contribution in [1.29, 1.82) is 0 Å². The molecule has 0 fully saturated rings. The molecular formula is C19H17Cl3N4O3S2. The number of sulfonamides is 1. The van der Waals surface area contributed by atoms with Crippen LogP contribution in [0.5, 0.6) is 0 Å². The summed E-state index contributed by atoms with van der Waals surface area (Å²) in [6, 6.07) is 10.4. The summed E-state index contributed by atoms with van der Waals surface area (Å²) in [7, 11) is -3.86. The van der Waals surface area contributed by atoms with E-state index in [9.17, 15) is 13.2 Å². The van der Waals surface area contributed by atoms with Gasteiger partial charge in [0.2, 0.25) is 21.1 Å². The van der Waals surface area contributed by atoms with Gasteiger partial charge in [-0.3, -0.25) is 14.4 Å². The second kappa shape index (κ2) is 9.70. The standard InChI is InChI=1S/C19H17Cl3N4O3S2/c1-3-15(26(31(2,28)29)16-10-13(21)8-9-14(16)22)17(27)23-19-25-24-18(30-19)11-4-6-12(20)7-5-11/h4-10,15H,3H2,1-2H3,(H,23,25,27)/t15-/m0/s1. The number of hydrogen-bond donors (Lipinski definition) is 1. The Kier molecular flexibility index (Phi) is 7.43. The monoisotopic (exact) mass is 518 g/mol. The van der Waals surface area contributed by atoms with Crippen LogP contribution in [0.3, 0.4) is 0 Å². The van der Waals surface area contributed by atoms with Crippen molar-refractivity contribution in [2.24, 2.45) is 0 Å². The molecule has 0 aliphatic rings. The number of nitrogens with one attached hydrogen (secondary N) is 1. The van der Waals surface area contributed by atoms with E-state index in [0.29, 0.717) is 15.1 Å². The molecule has 1 aromatic heterocycles. The maximum Gasteiger partial charge on any atom is 0.250 e. The zero-order chi connectivity index (χ0) is 22.8. The number of halogens is 3. The molecule has 1 N–H and O–H groups in total. The number of carbonyl (C=O) groups excluding carboxylic acids is 1. The highest BCUT2D eigenvalue weighted by Crippen LogP contribution is 2.33. The topological polar surface area (TPSA) is 92.3 Å². The number of rotatable bonds is 7. The predicted molar refractivity (Wildman–Crippen MR) is 127 cm³/mol. The van der Waals surface area contributed by atoms with Gasteiger partial charge in [-0.1, -0.05) is 65.2 Å². The molecule has 1 atom stereocenters. The molecule has 0 saturated heterocycles. The molecule has 0 aliphatic heterocycles. The number of benzene rings is 2. The highest BCUT2D eigenvalue weighted by atomic mass is 35.5. The minimum absolute atomic E-state index is 0.123. The van der Waals surface area contributed by atoms with Crippen LogP contribution in [-0.2, 0) is 14.8 Å². The normalized spacial score (nSPS) is 12.4. The van der Waals surface area contributed by atoms with E-state index in [1.54, 1.807) is 31.2 Å². The quantitative estimate of drug-likeness (QED) is 0.454. The fourth-order valence-electron chi connectivity index (χ4n) is 2.86. The van der Waals surface area contributed by atoms with Crippen LogP contribution in [0.2, 0.25) is 15.1 Å². The molecule has 31 heavy (non-hydrogen) atoms. The van der Waals surface area contributed by atoms with Gasteiger partial charge >= 0.3 is 0 Å². The maximum atomic E-state index is 13.0. The maximum absolute atomic E-state index is 13.0. The van der Waals surface area contributed by atoms with Gasteiger partial charge in [0.05, 0.1) is 17.0 Å². The van der Waals surface area contributed by atoms with E-state index in [0.717, 1.165) is 27.5 Å². The summed E-state index contributed by atoms with van der Waals surface area (Å²) in [6.45, 7) is 1.69. The second-order valence-corrected chi connectivity index (χ2v) is 10.6. The van der Waals surface area contributed by atoms with E-state index < -0.39 is 22.0 Å². The van der Waals surface area contributed by atoms with Crippen molar-refractivity contribution in [3.8, 4) is 10.6 Å². The predicted octanol–water partition coefficient (Wildman–Crippen LogP) is 5.35. The smallest absolute Gasteiger partial charge is 0.250 e. The van der Waals surface area contributed by atoms with Crippen LogP contribution in [0.1, 0.15) is 13.3 Å². The summed E-state index contributed by atoms with van der Waals surface area (Å²) < 4.78 is 26.1. The molecule has 0 bridgehead atoms. The number of hydrogen-bond acceptors (Lipinski definition) is 6. The van der Waals surface area contributed by atoms with Crippen molar-refractivity contribution in [3.05, 3.63) is 57.5 Å². The Labute approximate surface area is 199 Å². The number of nitrogens with zero attached hydrogens (tertiary/aromatic N) is 3. The molecule has 1 heterocycles. The Morgan fingerprint density at radius 2 is 1.74 bits per heavy atom. The third-order valence-corrected chi connectivity index (χ3v) is 7.08. The molecule has 0 spiro atoms. The highest BCUT2D eigenvalue weighted by molar-refractivity contribution is 7.92. The highest BCUT2D eigenvalue weighted by Gasteiger charge is 2.33. The molecule has 12 heteroatoms. The summed E-state index contributed by atoms with van der Waals surface area (Å²) in [5, 5.41) is 12.6. The lowest BCUT2D eigenvalue weighted by molar-refractivity contribution is -0.117. The van der Waals surface area contributed by atoms with Crippen molar-refractivity contribution in [2.75, 3.05) is 15.9 Å². The fraction of sp³-hybridized carbons (Fsp3) is 0.211. The van der Waals surface area contributed by atoms with E-state index in [-0.39, 0.29) is 22.3 Å². The lowest BCUT2D eigenvalue weighted by Gasteiger charge is -2.30. The van der Waals surface area contributed by atoms with Crippen LogP contribution >= 0.6 is 46.1 Å². The SMILES string of the molecule is CC[C@@H](C(=O)Nc1nnc(-c2ccc(Cl)cc2)s1)N(c1cc(Cl)ccc1Cl)S(C)(=O)=O. The van der Waals surface area contributed by atoms with E-state index in [2.05, 4.69) is 15.5 Å². The van der Waals surface area contributed by atoms with Gasteiger partial charge in [-0.2, -0.15) is 0 Å². The van der Waals surface area contributed by atoms with Crippen LogP contribution < -0.4 is 9.62 Å². The largest absolute Gasteiger partial charge is 0.299 e. The Morgan fingerprint density at radius 3 is 2.35 bits per heavy atom. The summed E-state index contributed by atoms with van der Waals surface area (Å²) in [4.78, 5) is 13.0. The van der Waals surface area contributed by atoms with Crippen LogP contribution in [0.25, 0.3) is 10.6 Å². The number of anilines is 2. The molecule has 0 unspecified atom stereocenters. The minimum atomic E-state index is -3.86. The first-order valence-corrected chi connectivity index (χ1v) is 12.7. The molecule has 2 aromatic carbocycles. The van der Waals surface area contributed by atoms with Gasteiger partial charge in [0.25, 0.3) is 0 Å². The van der Waals surface area contributed by atoms with Gasteiger partial charge in [-0.15, -0.1) is 10.2 Å². The molecular weight excluding hydrogens is 503 g/mol. The van der Waals surface area contributed by atoms with Crippen molar-refractivity contribution in [2.45, 2.75) is 19.4 Å². The van der Waals surface area contributed by atoms with Gasteiger partial charge in [0.15, 0.2) is 0 Å². The summed E-state index contributed by atoms with van der Waals surface area (Å²) >= 11 is 19.3. The van der Waals surface area contributed by atoms with Crippen molar-refractivity contribution in [3.63, 3.8) is 0 Å². The molecule has 0 radical (unpaired) electrons. The molecule has 0 aliphatic carbocycles. The van der Waals surface area contributed by atoms with E-state index in [1.165, 1.54) is 18.2 Å². The van der Waals surface area contributed by atoms with E-state index in [4.69, 9.17) is 34.8 Å². The Hall–Kier alpha value is -1.91. The third kappa shape index (κ3) is 5.67. The molecule has 1 amide bonds. The van der Waals surface area contributed by atoms with Crippen LogP contribution in [0.4, 0.5) is 10.8 Å². The summed E-state index contributed by atoms with van der Waals surface area (Å²) in [5.41, 5.74) is 0.913. The van der Waals surface area contributed by atoms with E-state index >= 15 is 0 Å². The molecule has 3 rings (SSSR count). The Bertz CT molecular complexity index is 1200. The van der Waals surface area contributed by atoms with Gasteiger partial charge in [0, 0.05) is 15.6 Å². The fourth-order valence-corrected chi connectivity index (χ4v) is 5.38. The minimum Gasteiger partial charge on any atom is -0.299 e. The number of amides is 1. The average molecular weight is 520 g/mol. The Morgan fingerprint density at radius 1 is 1.10 bits per heavy atom. The van der Waals surface area contributed by atoms with Gasteiger partial charge in [0.1, 0.15) is 11.0 Å². The molecule has 164 valence electrons. The Balaban J connectivity index is 1.89. The summed E-state index contributed by atoms with van der Waals surface area (Å²) in [6.07, 6.45) is 1.19. The zero-order valence-corrected chi connectivity index (χ0v) is 20.2. The number of carbonyl (C=O) groups is 1. The van der Waals surface area contributed by atoms with E-state index in [1.807, 2.05) is 0 Å².